The molecule has 0 radical (unpaired) electrons. The molecule has 0 aliphatic heterocycles. The Balaban J connectivity index is 2.91. The van der Waals surface area contributed by atoms with Crippen LogP contribution in [-0.2, 0) is 9.59 Å². The molecule has 1 rings (SSSR count). The maximum Gasteiger partial charge on any atom is 0.305 e. The van der Waals surface area contributed by atoms with Gasteiger partial charge in [0.15, 0.2) is 11.6 Å². The van der Waals surface area contributed by atoms with Crippen molar-refractivity contribution < 1.29 is 28.9 Å². The van der Waals surface area contributed by atoms with Gasteiger partial charge in [0, 0.05) is 0 Å². The van der Waals surface area contributed by atoms with E-state index < -0.39 is 36.1 Å². The van der Waals surface area contributed by atoms with Gasteiger partial charge in [-0.15, -0.1) is 6.58 Å². The number of halogens is 1. The van der Waals surface area contributed by atoms with E-state index in [1.807, 2.05) is 0 Å². The lowest BCUT2D eigenvalue weighted by atomic mass is 9.99. The van der Waals surface area contributed by atoms with E-state index in [1.165, 1.54) is 19.2 Å². The molecule has 0 bridgehead atoms. The summed E-state index contributed by atoms with van der Waals surface area (Å²) < 4.78 is 18.7. The molecule has 25 heavy (non-hydrogen) atoms. The average Bonchev–Trinajstić information content (AvgIpc) is 2.57. The van der Waals surface area contributed by atoms with Gasteiger partial charge in [-0.25, -0.2) is 4.39 Å². The summed E-state index contributed by atoms with van der Waals surface area (Å²) in [4.78, 5) is 23.4. The Morgan fingerprint density at radius 2 is 2.16 bits per heavy atom. The van der Waals surface area contributed by atoms with Gasteiger partial charge < -0.3 is 20.3 Å². The zero-order valence-electron chi connectivity index (χ0n) is 14.2. The smallest absolute Gasteiger partial charge is 0.305 e. The van der Waals surface area contributed by atoms with Gasteiger partial charge in [0.05, 0.1) is 32.1 Å². The van der Waals surface area contributed by atoms with Crippen molar-refractivity contribution in [3.05, 3.63) is 42.2 Å². The van der Waals surface area contributed by atoms with Gasteiger partial charge in [-0.3, -0.25) is 9.59 Å². The number of hydrogen-bond acceptors (Lipinski definition) is 4. The quantitative estimate of drug-likeness (QED) is 0.419. The zero-order chi connectivity index (χ0) is 18.8. The Morgan fingerprint density at radius 1 is 1.44 bits per heavy atom. The number of rotatable bonds is 11. The van der Waals surface area contributed by atoms with E-state index in [9.17, 15) is 19.1 Å². The molecule has 7 heteroatoms. The fourth-order valence-corrected chi connectivity index (χ4v) is 2.43. The molecule has 1 aromatic carbocycles. The Morgan fingerprint density at radius 3 is 2.68 bits per heavy atom. The number of aliphatic carboxylic acids is 1. The molecule has 0 saturated heterocycles. The van der Waals surface area contributed by atoms with E-state index in [2.05, 4.69) is 11.9 Å². The normalized spacial score (nSPS) is 12.9. The summed E-state index contributed by atoms with van der Waals surface area (Å²) in [5.74, 6) is -2.86. The predicted molar refractivity (Wildman–Crippen MR) is 90.7 cm³/mol. The van der Waals surface area contributed by atoms with Crippen LogP contribution in [0, 0.1) is 11.7 Å². The molecule has 0 spiro atoms. The number of allylic oxidation sites excluding steroid dienone is 1. The summed E-state index contributed by atoms with van der Waals surface area (Å²) in [6.07, 6.45) is 3.17. The first-order valence-electron chi connectivity index (χ1n) is 8.00. The van der Waals surface area contributed by atoms with Crippen molar-refractivity contribution in [1.29, 1.82) is 0 Å². The Kier molecular flexibility index (Phi) is 8.63. The number of carboxylic acid groups (broad SMARTS) is 1. The van der Waals surface area contributed by atoms with Crippen LogP contribution in [0.25, 0.3) is 0 Å². The summed E-state index contributed by atoms with van der Waals surface area (Å²) in [5.41, 5.74) is 0.317. The first kappa shape index (κ1) is 20.6. The van der Waals surface area contributed by atoms with E-state index in [-0.39, 0.29) is 12.4 Å². The number of aliphatic hydroxyl groups excluding tert-OH is 1. The highest BCUT2D eigenvalue weighted by Crippen LogP contribution is 2.24. The van der Waals surface area contributed by atoms with Gasteiger partial charge in [-0.2, -0.15) is 0 Å². The molecule has 0 aliphatic carbocycles. The Bertz CT molecular complexity index is 605. The first-order chi connectivity index (χ1) is 11.9. The number of nitrogens with one attached hydrogen (secondary N) is 1. The van der Waals surface area contributed by atoms with Crippen molar-refractivity contribution in [1.82, 2.24) is 5.32 Å². The van der Waals surface area contributed by atoms with Crippen LogP contribution in [0.15, 0.2) is 30.9 Å². The van der Waals surface area contributed by atoms with E-state index in [1.54, 1.807) is 6.08 Å². The number of carboxylic acids is 1. The topological polar surface area (TPSA) is 95.9 Å². The second-order valence-corrected chi connectivity index (χ2v) is 5.65. The second-order valence-electron chi connectivity index (χ2n) is 5.65. The summed E-state index contributed by atoms with van der Waals surface area (Å²) in [5, 5.41) is 21.1. The lowest BCUT2D eigenvalue weighted by Gasteiger charge is -2.21. The number of carbonyl (C=O) groups is 2. The molecule has 1 amide bonds. The average molecular weight is 353 g/mol. The van der Waals surface area contributed by atoms with Crippen LogP contribution in [0.2, 0.25) is 0 Å². The van der Waals surface area contributed by atoms with E-state index >= 15 is 0 Å². The van der Waals surface area contributed by atoms with Crippen molar-refractivity contribution in [2.75, 3.05) is 13.7 Å². The van der Waals surface area contributed by atoms with Crippen molar-refractivity contribution in [3.63, 3.8) is 0 Å². The molecular weight excluding hydrogens is 329 g/mol. The number of methoxy groups -OCH3 is 1. The van der Waals surface area contributed by atoms with Crippen LogP contribution in [0.4, 0.5) is 4.39 Å². The van der Waals surface area contributed by atoms with Crippen molar-refractivity contribution in [2.24, 2.45) is 5.92 Å². The first-order valence-corrected chi connectivity index (χ1v) is 8.00. The molecule has 0 fully saturated rings. The van der Waals surface area contributed by atoms with Crippen molar-refractivity contribution in [3.8, 4) is 5.75 Å². The van der Waals surface area contributed by atoms with Crippen molar-refractivity contribution >= 4 is 11.9 Å². The van der Waals surface area contributed by atoms with Crippen LogP contribution in [0.5, 0.6) is 5.75 Å². The van der Waals surface area contributed by atoms with Gasteiger partial charge in [0.25, 0.3) is 0 Å². The third-order valence-corrected chi connectivity index (χ3v) is 3.83. The van der Waals surface area contributed by atoms with Crippen LogP contribution in [-0.4, -0.2) is 35.8 Å². The molecule has 0 aromatic heterocycles. The largest absolute Gasteiger partial charge is 0.494 e. The Labute approximate surface area is 146 Å². The fourth-order valence-electron chi connectivity index (χ4n) is 2.43. The summed E-state index contributed by atoms with van der Waals surface area (Å²) >= 11 is 0. The third-order valence-electron chi connectivity index (χ3n) is 3.83. The molecular formula is C18H24FNO5. The van der Waals surface area contributed by atoms with Gasteiger partial charge in [-0.1, -0.05) is 12.1 Å². The minimum absolute atomic E-state index is 0.0295. The van der Waals surface area contributed by atoms with Gasteiger partial charge in [-0.05, 0) is 37.0 Å². The van der Waals surface area contributed by atoms with Crippen LogP contribution >= 0.6 is 0 Å². The molecule has 138 valence electrons. The maximum atomic E-state index is 13.9. The molecule has 3 N–H and O–H groups in total. The number of unbranched alkanes of at least 4 members (excludes halogenated alkanes) is 1. The lowest BCUT2D eigenvalue weighted by Crippen LogP contribution is -2.36. The summed E-state index contributed by atoms with van der Waals surface area (Å²) in [6, 6.07) is 3.11. The van der Waals surface area contributed by atoms with Crippen LogP contribution < -0.4 is 10.1 Å². The standard InChI is InChI=1S/C18H24FNO5/c1-3-4-5-6-13(11-21)18(24)20-15(10-17(22)23)12-7-8-16(25-2)14(19)9-12/h3,7-9,13,15,21H,1,4-6,10-11H2,2H3,(H,20,24)(H,22,23). The second kappa shape index (κ2) is 10.5. The van der Waals surface area contributed by atoms with Gasteiger partial charge in [0.2, 0.25) is 5.91 Å². The molecule has 0 saturated carbocycles. The predicted octanol–water partition coefficient (Wildman–Crippen LogP) is 2.43. The number of amides is 1. The van der Waals surface area contributed by atoms with Crippen molar-refractivity contribution in [2.45, 2.75) is 31.7 Å². The molecule has 6 nitrogen and oxygen atoms in total. The van der Waals surface area contributed by atoms with E-state index in [4.69, 9.17) is 9.84 Å². The highest BCUT2D eigenvalue weighted by atomic mass is 19.1. The van der Waals surface area contributed by atoms with Gasteiger partial charge in [0.1, 0.15) is 0 Å². The molecule has 2 atom stereocenters. The number of aliphatic hydroxyl groups is 1. The summed E-state index contributed by atoms with van der Waals surface area (Å²) in [7, 11) is 1.32. The molecule has 1 aromatic rings. The van der Waals surface area contributed by atoms with Crippen LogP contribution in [0.3, 0.4) is 0 Å². The highest BCUT2D eigenvalue weighted by molar-refractivity contribution is 5.80. The molecule has 2 unspecified atom stereocenters. The monoisotopic (exact) mass is 353 g/mol. The zero-order valence-corrected chi connectivity index (χ0v) is 14.2. The molecule has 0 aliphatic rings. The minimum atomic E-state index is -1.13. The Hall–Kier alpha value is -2.41. The molecule has 0 heterocycles. The van der Waals surface area contributed by atoms with E-state index in [0.717, 1.165) is 6.07 Å². The fraction of sp³-hybridized carbons (Fsp3) is 0.444. The number of carbonyl (C=O) groups excluding carboxylic acids is 1. The number of ether oxygens (including phenoxy) is 1. The summed E-state index contributed by atoms with van der Waals surface area (Å²) in [6.45, 7) is 3.25. The van der Waals surface area contributed by atoms with Gasteiger partial charge >= 0.3 is 5.97 Å². The number of benzene rings is 1. The van der Waals surface area contributed by atoms with Crippen LogP contribution in [0.1, 0.15) is 37.3 Å². The highest BCUT2D eigenvalue weighted by Gasteiger charge is 2.24. The maximum absolute atomic E-state index is 13.9. The number of hydrogen-bond donors (Lipinski definition) is 3. The minimum Gasteiger partial charge on any atom is -0.494 e. The SMILES string of the molecule is C=CCCCC(CO)C(=O)NC(CC(=O)O)c1ccc(OC)c(F)c1. The van der Waals surface area contributed by atoms with E-state index in [0.29, 0.717) is 24.8 Å². The lowest BCUT2D eigenvalue weighted by molar-refractivity contribution is -0.138. The third kappa shape index (κ3) is 6.54.